The smallest absolute Gasteiger partial charge is 0.305 e. The van der Waals surface area contributed by atoms with Crippen LogP contribution in [0.1, 0.15) is 155 Å². The largest absolute Gasteiger partial charge is 0.466 e. The lowest BCUT2D eigenvalue weighted by atomic mass is 10.1. The first-order valence-electron chi connectivity index (χ1n) is 14.0. The van der Waals surface area contributed by atoms with E-state index in [2.05, 4.69) is 13.8 Å². The van der Waals surface area contributed by atoms with Crippen molar-refractivity contribution in [3.63, 3.8) is 0 Å². The van der Waals surface area contributed by atoms with Gasteiger partial charge in [-0.25, -0.2) is 0 Å². The number of hydrogen-bond donors (Lipinski definition) is 0. The molecule has 0 spiro atoms. The first-order valence-corrected chi connectivity index (χ1v) is 14.0. The monoisotopic (exact) mass is 454 g/mol. The molecule has 0 unspecified atom stereocenters. The van der Waals surface area contributed by atoms with E-state index in [-0.39, 0.29) is 11.9 Å². The molecule has 0 saturated carbocycles. The van der Waals surface area contributed by atoms with Gasteiger partial charge in [-0.05, 0) is 25.7 Å². The maximum Gasteiger partial charge on any atom is 0.305 e. The summed E-state index contributed by atoms with van der Waals surface area (Å²) in [6.07, 6.45) is 25.0. The van der Waals surface area contributed by atoms with Crippen LogP contribution in [0.2, 0.25) is 0 Å². The molecule has 0 aromatic rings. The maximum absolute atomic E-state index is 11.8. The van der Waals surface area contributed by atoms with Crippen molar-refractivity contribution in [1.29, 1.82) is 0 Å². The molecule has 0 atom stereocenters. The zero-order valence-corrected chi connectivity index (χ0v) is 21.6. The van der Waals surface area contributed by atoms with Crippen molar-refractivity contribution in [3.05, 3.63) is 0 Å². The van der Waals surface area contributed by atoms with Gasteiger partial charge in [0.15, 0.2) is 0 Å². The molecule has 0 heterocycles. The third kappa shape index (κ3) is 25.2. The van der Waals surface area contributed by atoms with E-state index in [9.17, 15) is 9.59 Å². The molecule has 0 radical (unpaired) electrons. The molecule has 0 aromatic heterocycles. The molecule has 32 heavy (non-hydrogen) atoms. The molecule has 0 saturated heterocycles. The second-order valence-corrected chi connectivity index (χ2v) is 9.30. The van der Waals surface area contributed by atoms with E-state index in [1.807, 2.05) is 0 Å². The van der Waals surface area contributed by atoms with E-state index in [1.54, 1.807) is 0 Å². The highest BCUT2D eigenvalue weighted by molar-refractivity contribution is 5.70. The third-order valence-electron chi connectivity index (χ3n) is 6.03. The quantitative estimate of drug-likeness (QED) is 0.102. The van der Waals surface area contributed by atoms with Crippen LogP contribution in [-0.2, 0) is 19.1 Å². The lowest BCUT2D eigenvalue weighted by Crippen LogP contribution is -2.08. The van der Waals surface area contributed by atoms with Gasteiger partial charge in [-0.3, -0.25) is 9.59 Å². The second kappa shape index (κ2) is 26.2. The summed E-state index contributed by atoms with van der Waals surface area (Å²) >= 11 is 0. The van der Waals surface area contributed by atoms with Crippen molar-refractivity contribution in [3.8, 4) is 0 Å². The fourth-order valence-corrected chi connectivity index (χ4v) is 3.88. The molecule has 0 aliphatic heterocycles. The number of rotatable bonds is 25. The van der Waals surface area contributed by atoms with Crippen LogP contribution in [-0.4, -0.2) is 25.2 Å². The average Bonchev–Trinajstić information content (AvgIpc) is 2.79. The molecular weight excluding hydrogens is 400 g/mol. The van der Waals surface area contributed by atoms with Gasteiger partial charge >= 0.3 is 11.9 Å². The van der Waals surface area contributed by atoms with E-state index in [4.69, 9.17) is 9.47 Å². The van der Waals surface area contributed by atoms with Crippen molar-refractivity contribution < 1.29 is 19.1 Å². The SMILES string of the molecule is CCCCCCCCCCCCCOC(=O)CCCCC(=O)OCCCCCCCCC. The molecule has 0 aromatic carbocycles. The standard InChI is InChI=1S/C28H54O4/c1-3-5-7-9-11-12-13-14-16-18-22-26-32-28(30)24-20-19-23-27(29)31-25-21-17-15-10-8-6-4-2/h3-26H2,1-2H3. The van der Waals surface area contributed by atoms with Crippen LogP contribution in [0.4, 0.5) is 0 Å². The van der Waals surface area contributed by atoms with E-state index in [0.717, 1.165) is 25.7 Å². The van der Waals surface area contributed by atoms with Crippen LogP contribution in [0, 0.1) is 0 Å². The lowest BCUT2D eigenvalue weighted by molar-refractivity contribution is -0.146. The van der Waals surface area contributed by atoms with Gasteiger partial charge in [-0.1, -0.05) is 117 Å². The van der Waals surface area contributed by atoms with Crippen LogP contribution in [0.15, 0.2) is 0 Å². The number of unbranched alkanes of at least 4 members (excludes halogenated alkanes) is 17. The number of ether oxygens (including phenoxy) is 2. The highest BCUT2D eigenvalue weighted by atomic mass is 16.5. The number of hydrogen-bond acceptors (Lipinski definition) is 4. The van der Waals surface area contributed by atoms with Gasteiger partial charge in [0.1, 0.15) is 0 Å². The third-order valence-corrected chi connectivity index (χ3v) is 6.03. The van der Waals surface area contributed by atoms with Crippen molar-refractivity contribution >= 4 is 11.9 Å². The van der Waals surface area contributed by atoms with Crippen LogP contribution in [0.25, 0.3) is 0 Å². The summed E-state index contributed by atoms with van der Waals surface area (Å²) in [5.41, 5.74) is 0. The summed E-state index contributed by atoms with van der Waals surface area (Å²) in [6.45, 7) is 5.56. The zero-order chi connectivity index (χ0) is 23.5. The molecule has 0 bridgehead atoms. The number of esters is 2. The number of carbonyl (C=O) groups is 2. The van der Waals surface area contributed by atoms with Crippen LogP contribution < -0.4 is 0 Å². The minimum absolute atomic E-state index is 0.131. The Hall–Kier alpha value is -1.06. The molecule has 0 fully saturated rings. The summed E-state index contributed by atoms with van der Waals surface area (Å²) in [7, 11) is 0. The Labute approximate surface area is 199 Å². The van der Waals surface area contributed by atoms with E-state index in [1.165, 1.54) is 89.9 Å². The van der Waals surface area contributed by atoms with Crippen molar-refractivity contribution in [2.45, 2.75) is 155 Å². The highest BCUT2D eigenvalue weighted by Crippen LogP contribution is 2.12. The van der Waals surface area contributed by atoms with E-state index < -0.39 is 0 Å². The maximum atomic E-state index is 11.8. The molecule has 4 heteroatoms. The molecule has 0 aliphatic rings. The summed E-state index contributed by atoms with van der Waals surface area (Å²) in [4.78, 5) is 23.5. The van der Waals surface area contributed by atoms with Gasteiger partial charge in [-0.15, -0.1) is 0 Å². The summed E-state index contributed by atoms with van der Waals surface area (Å²) in [6, 6.07) is 0. The van der Waals surface area contributed by atoms with Crippen LogP contribution in [0.5, 0.6) is 0 Å². The number of carbonyl (C=O) groups excluding carboxylic acids is 2. The summed E-state index contributed by atoms with van der Waals surface area (Å²) in [5, 5.41) is 0. The normalized spacial score (nSPS) is 10.9. The van der Waals surface area contributed by atoms with Gasteiger partial charge in [0.25, 0.3) is 0 Å². The average molecular weight is 455 g/mol. The fraction of sp³-hybridized carbons (Fsp3) is 0.929. The van der Waals surface area contributed by atoms with Crippen LogP contribution in [0.3, 0.4) is 0 Å². The Kier molecular flexibility index (Phi) is 25.3. The molecule has 0 rings (SSSR count). The molecule has 4 nitrogen and oxygen atoms in total. The Morgan fingerprint density at radius 1 is 0.406 bits per heavy atom. The predicted molar refractivity (Wildman–Crippen MR) is 135 cm³/mol. The molecule has 190 valence electrons. The van der Waals surface area contributed by atoms with Crippen LogP contribution >= 0.6 is 0 Å². The van der Waals surface area contributed by atoms with E-state index >= 15 is 0 Å². The van der Waals surface area contributed by atoms with Crippen molar-refractivity contribution in [2.75, 3.05) is 13.2 Å². The van der Waals surface area contributed by atoms with Crippen molar-refractivity contribution in [1.82, 2.24) is 0 Å². The van der Waals surface area contributed by atoms with Gasteiger partial charge < -0.3 is 9.47 Å². The summed E-state index contributed by atoms with van der Waals surface area (Å²) in [5.74, 6) is -0.265. The fourth-order valence-electron chi connectivity index (χ4n) is 3.88. The Morgan fingerprint density at radius 2 is 0.688 bits per heavy atom. The van der Waals surface area contributed by atoms with E-state index in [0.29, 0.717) is 38.9 Å². The minimum Gasteiger partial charge on any atom is -0.466 e. The zero-order valence-electron chi connectivity index (χ0n) is 21.6. The first kappa shape index (κ1) is 30.9. The molecule has 0 N–H and O–H groups in total. The predicted octanol–water partition coefficient (Wildman–Crippen LogP) is 8.69. The van der Waals surface area contributed by atoms with Crippen molar-refractivity contribution in [2.24, 2.45) is 0 Å². The lowest BCUT2D eigenvalue weighted by Gasteiger charge is -2.06. The minimum atomic E-state index is -0.134. The topological polar surface area (TPSA) is 52.6 Å². The summed E-state index contributed by atoms with van der Waals surface area (Å²) < 4.78 is 10.6. The second-order valence-electron chi connectivity index (χ2n) is 9.30. The Bertz CT molecular complexity index is 408. The highest BCUT2D eigenvalue weighted by Gasteiger charge is 2.06. The molecule has 0 amide bonds. The molecular formula is C28H54O4. The Morgan fingerprint density at radius 3 is 1.00 bits per heavy atom. The van der Waals surface area contributed by atoms with Gasteiger partial charge in [0.2, 0.25) is 0 Å². The Balaban J connectivity index is 3.28. The first-order chi connectivity index (χ1) is 15.7. The van der Waals surface area contributed by atoms with Gasteiger partial charge in [0.05, 0.1) is 13.2 Å². The van der Waals surface area contributed by atoms with Gasteiger partial charge in [0, 0.05) is 12.8 Å². The van der Waals surface area contributed by atoms with Gasteiger partial charge in [-0.2, -0.15) is 0 Å². The molecule has 0 aliphatic carbocycles.